The van der Waals surface area contributed by atoms with Crippen molar-refractivity contribution in [2.24, 2.45) is 5.16 Å². The molecule has 0 spiro atoms. The van der Waals surface area contributed by atoms with E-state index in [-0.39, 0.29) is 0 Å². The van der Waals surface area contributed by atoms with Crippen LogP contribution in [0.4, 0.5) is 0 Å². The van der Waals surface area contributed by atoms with Gasteiger partial charge in [-0.05, 0) is 45.4 Å². The summed E-state index contributed by atoms with van der Waals surface area (Å²) in [6.45, 7) is 0. The summed E-state index contributed by atoms with van der Waals surface area (Å²) in [6.07, 6.45) is 1.76. The molecule has 0 aliphatic carbocycles. The molecule has 0 N–H and O–H groups in total. The van der Waals surface area contributed by atoms with Crippen LogP contribution in [0.3, 0.4) is 0 Å². The number of hydrogen-bond donors (Lipinski definition) is 0. The van der Waals surface area contributed by atoms with E-state index in [0.29, 0.717) is 0 Å². The Morgan fingerprint density at radius 2 is 1.03 bits per heavy atom. The fourth-order valence-electron chi connectivity index (χ4n) is 3.53. The zero-order valence-electron chi connectivity index (χ0n) is 16.8. The minimum atomic E-state index is -2.82. The number of rotatable bonds is 7. The molecule has 4 rings (SSSR count). The van der Waals surface area contributed by atoms with Crippen LogP contribution < -0.4 is 20.3 Å². The van der Waals surface area contributed by atoms with Gasteiger partial charge in [-0.3, -0.25) is 0 Å². The van der Waals surface area contributed by atoms with Gasteiger partial charge in [0.15, 0.2) is 0 Å². The van der Waals surface area contributed by atoms with E-state index in [9.17, 15) is 0 Å². The zero-order chi connectivity index (χ0) is 20.7. The summed E-state index contributed by atoms with van der Waals surface area (Å²) in [5.74, 6) is 0.814. The van der Waals surface area contributed by atoms with Crippen LogP contribution >= 0.6 is 0 Å². The molecule has 0 saturated carbocycles. The molecule has 4 aromatic carbocycles. The highest BCUT2D eigenvalue weighted by Gasteiger charge is 2.44. The lowest BCUT2D eigenvalue weighted by Gasteiger charge is -2.30. The number of hydrogen-bond acceptors (Lipinski definition) is 3. The predicted octanol–water partition coefficient (Wildman–Crippen LogP) is 3.71. The highest BCUT2D eigenvalue weighted by molar-refractivity contribution is 7.07. The summed E-state index contributed by atoms with van der Waals surface area (Å²) in [6, 6.07) is 39.0. The van der Waals surface area contributed by atoms with Gasteiger partial charge < -0.3 is 9.26 Å². The van der Waals surface area contributed by atoms with E-state index in [1.807, 2.05) is 42.5 Å². The first-order valence-electron chi connectivity index (χ1n) is 9.85. The molecule has 3 nitrogen and oxygen atoms in total. The maximum absolute atomic E-state index is 6.53. The van der Waals surface area contributed by atoms with Crippen LogP contribution in [-0.2, 0) is 4.53 Å². The van der Waals surface area contributed by atoms with Crippen molar-refractivity contribution in [2.75, 3.05) is 7.11 Å². The van der Waals surface area contributed by atoms with E-state index < -0.39 is 8.32 Å². The van der Waals surface area contributed by atoms with Crippen LogP contribution in [0.15, 0.2) is 120 Å². The van der Waals surface area contributed by atoms with E-state index in [1.54, 1.807) is 13.3 Å². The zero-order valence-corrected chi connectivity index (χ0v) is 17.8. The van der Waals surface area contributed by atoms with Crippen molar-refractivity contribution >= 4 is 30.1 Å². The van der Waals surface area contributed by atoms with Gasteiger partial charge in [-0.25, -0.2) is 0 Å². The fourth-order valence-corrected chi connectivity index (χ4v) is 7.05. The number of nitrogens with zero attached hydrogens (tertiary/aromatic N) is 1. The lowest BCUT2D eigenvalue weighted by Crippen LogP contribution is -2.68. The van der Waals surface area contributed by atoms with E-state index in [4.69, 9.17) is 9.26 Å². The molecule has 0 aliphatic rings. The van der Waals surface area contributed by atoms with Crippen molar-refractivity contribution < 1.29 is 9.26 Å². The lowest BCUT2D eigenvalue weighted by atomic mass is 10.2. The Morgan fingerprint density at radius 1 is 0.600 bits per heavy atom. The van der Waals surface area contributed by atoms with Crippen molar-refractivity contribution in [2.45, 2.75) is 0 Å². The average molecular weight is 410 g/mol. The molecule has 148 valence electrons. The van der Waals surface area contributed by atoms with E-state index >= 15 is 0 Å². The molecule has 4 heteroatoms. The third kappa shape index (κ3) is 4.04. The SMILES string of the molecule is COc1ccc(/C=N/O[Si](c2ccccc2)(c2ccccc2)c2ccccc2)cc1. The molecule has 0 aromatic heterocycles. The molecule has 0 saturated heterocycles. The Kier molecular flexibility index (Phi) is 6.06. The number of ether oxygens (including phenoxy) is 1. The number of oxime groups is 1. The predicted molar refractivity (Wildman–Crippen MR) is 126 cm³/mol. The number of methoxy groups -OCH3 is 1. The quantitative estimate of drug-likeness (QED) is 0.202. The van der Waals surface area contributed by atoms with Gasteiger partial charge in [-0.2, -0.15) is 0 Å². The van der Waals surface area contributed by atoms with Crippen molar-refractivity contribution in [1.29, 1.82) is 0 Å². The second-order valence-corrected chi connectivity index (χ2v) is 10.2. The van der Waals surface area contributed by atoms with Crippen LogP contribution in [0.25, 0.3) is 0 Å². The summed E-state index contributed by atoms with van der Waals surface area (Å²) < 4.78 is 11.8. The molecular formula is C26H23NO2Si. The summed E-state index contributed by atoms with van der Waals surface area (Å²) in [7, 11) is -1.16. The standard InChI is InChI=1S/C26H23NO2Si/c1-28-23-19-17-22(18-20-23)21-27-29-30(24-11-5-2-6-12-24,25-13-7-3-8-14-25)26-15-9-4-10-16-26/h2-21H,1H3/b27-21+. The molecule has 0 bridgehead atoms. The first-order chi connectivity index (χ1) is 14.8. The first kappa shape index (κ1) is 19.7. The Bertz CT molecular complexity index is 986. The normalized spacial score (nSPS) is 11.4. The Labute approximate surface area is 178 Å². The van der Waals surface area contributed by atoms with Gasteiger partial charge in [0.05, 0.1) is 13.3 Å². The largest absolute Gasteiger partial charge is 0.497 e. The first-order valence-corrected chi connectivity index (χ1v) is 11.8. The maximum atomic E-state index is 6.53. The van der Waals surface area contributed by atoms with E-state index in [1.165, 1.54) is 0 Å². The minimum absolute atomic E-state index is 0.814. The van der Waals surface area contributed by atoms with Crippen molar-refractivity contribution in [1.82, 2.24) is 0 Å². The Morgan fingerprint density at radius 3 is 1.43 bits per heavy atom. The molecule has 0 amide bonds. The van der Waals surface area contributed by atoms with Gasteiger partial charge >= 0.3 is 8.32 Å². The maximum Gasteiger partial charge on any atom is 0.380 e. The van der Waals surface area contributed by atoms with Gasteiger partial charge in [0, 0.05) is 0 Å². The Hall–Kier alpha value is -3.63. The molecular weight excluding hydrogens is 386 g/mol. The third-order valence-electron chi connectivity index (χ3n) is 5.05. The van der Waals surface area contributed by atoms with E-state index in [0.717, 1.165) is 26.9 Å². The van der Waals surface area contributed by atoms with Gasteiger partial charge in [0.2, 0.25) is 0 Å². The topological polar surface area (TPSA) is 30.8 Å². The molecule has 0 heterocycles. The molecule has 0 atom stereocenters. The second-order valence-electron chi connectivity index (χ2n) is 6.88. The molecule has 0 radical (unpaired) electrons. The van der Waals surface area contributed by atoms with Crippen molar-refractivity contribution in [3.05, 3.63) is 121 Å². The molecule has 30 heavy (non-hydrogen) atoms. The van der Waals surface area contributed by atoms with Crippen LogP contribution in [0.1, 0.15) is 5.56 Å². The smallest absolute Gasteiger partial charge is 0.380 e. The fraction of sp³-hybridized carbons (Fsp3) is 0.0385. The summed E-state index contributed by atoms with van der Waals surface area (Å²) in [5.41, 5.74) is 0.952. The second kappa shape index (κ2) is 9.24. The third-order valence-corrected chi connectivity index (χ3v) is 8.87. The Balaban J connectivity index is 1.81. The van der Waals surface area contributed by atoms with Crippen molar-refractivity contribution in [3.8, 4) is 5.75 Å². The van der Waals surface area contributed by atoms with E-state index in [2.05, 4.69) is 78.0 Å². The summed E-state index contributed by atoms with van der Waals surface area (Å²) in [4.78, 5) is 0. The summed E-state index contributed by atoms with van der Waals surface area (Å²) in [5, 5.41) is 7.94. The summed E-state index contributed by atoms with van der Waals surface area (Å²) >= 11 is 0. The highest BCUT2D eigenvalue weighted by atomic mass is 28.4. The lowest BCUT2D eigenvalue weighted by molar-refractivity contribution is 0.351. The molecule has 0 aliphatic heterocycles. The number of benzene rings is 4. The monoisotopic (exact) mass is 409 g/mol. The minimum Gasteiger partial charge on any atom is -0.497 e. The van der Waals surface area contributed by atoms with Crippen molar-refractivity contribution in [3.63, 3.8) is 0 Å². The van der Waals surface area contributed by atoms with Crippen LogP contribution in [0.2, 0.25) is 0 Å². The molecule has 4 aromatic rings. The van der Waals surface area contributed by atoms with Gasteiger partial charge in [-0.1, -0.05) is 91.0 Å². The molecule has 0 unspecified atom stereocenters. The average Bonchev–Trinajstić information content (AvgIpc) is 2.84. The van der Waals surface area contributed by atoms with Crippen LogP contribution in [0.5, 0.6) is 5.75 Å². The van der Waals surface area contributed by atoms with Gasteiger partial charge in [-0.15, -0.1) is 5.16 Å². The van der Waals surface area contributed by atoms with Gasteiger partial charge in [0.1, 0.15) is 5.75 Å². The molecule has 0 fully saturated rings. The van der Waals surface area contributed by atoms with Crippen LogP contribution in [-0.4, -0.2) is 21.6 Å². The van der Waals surface area contributed by atoms with Gasteiger partial charge in [0.25, 0.3) is 0 Å². The van der Waals surface area contributed by atoms with Crippen LogP contribution in [0, 0.1) is 0 Å². The highest BCUT2D eigenvalue weighted by Crippen LogP contribution is 2.12.